The number of nitrogens with zero attached hydrogens (tertiary/aromatic N) is 3. The van der Waals surface area contributed by atoms with Gasteiger partial charge in [0, 0.05) is 36.9 Å². The second kappa shape index (κ2) is 5.49. The first-order valence-corrected chi connectivity index (χ1v) is 7.98. The third-order valence-corrected chi connectivity index (χ3v) is 5.59. The van der Waals surface area contributed by atoms with E-state index in [1.807, 2.05) is 11.7 Å². The van der Waals surface area contributed by atoms with Gasteiger partial charge in [-0.05, 0) is 59.0 Å². The molecule has 3 heterocycles. The second-order valence-corrected chi connectivity index (χ2v) is 6.79. The van der Waals surface area contributed by atoms with Gasteiger partial charge in [0.25, 0.3) is 0 Å². The van der Waals surface area contributed by atoms with Crippen LogP contribution in [-0.2, 0) is 13.6 Å². The molecule has 0 saturated carbocycles. The van der Waals surface area contributed by atoms with Crippen LogP contribution in [0.5, 0.6) is 0 Å². The number of piperidine rings is 1. The summed E-state index contributed by atoms with van der Waals surface area (Å²) in [6.07, 6.45) is 5.59. The molecule has 2 fully saturated rings. The number of aromatic nitrogens is 2. The van der Waals surface area contributed by atoms with Gasteiger partial charge in [-0.15, -0.1) is 0 Å². The van der Waals surface area contributed by atoms with Crippen molar-refractivity contribution in [3.8, 4) is 0 Å². The van der Waals surface area contributed by atoms with Crippen LogP contribution in [-0.4, -0.2) is 40.4 Å². The first kappa shape index (κ1) is 14.1. The molecule has 2 saturated heterocycles. The molecule has 4 nitrogen and oxygen atoms in total. The summed E-state index contributed by atoms with van der Waals surface area (Å²) >= 11 is 0. The van der Waals surface area contributed by atoms with E-state index in [9.17, 15) is 0 Å². The predicted octanol–water partition coefficient (Wildman–Crippen LogP) is 2.00. The Bertz CT molecular complexity index is 465. The summed E-state index contributed by atoms with van der Waals surface area (Å²) in [4.78, 5) is 2.62. The summed E-state index contributed by atoms with van der Waals surface area (Å²) in [6, 6.07) is 1.70. The van der Waals surface area contributed by atoms with Crippen molar-refractivity contribution in [2.24, 2.45) is 13.0 Å². The van der Waals surface area contributed by atoms with E-state index in [-0.39, 0.29) is 0 Å². The maximum absolute atomic E-state index is 4.49. The molecule has 0 aliphatic carbocycles. The molecule has 2 aliphatic heterocycles. The molecule has 0 amide bonds. The van der Waals surface area contributed by atoms with E-state index < -0.39 is 0 Å². The van der Waals surface area contributed by atoms with Crippen LogP contribution in [0.15, 0.2) is 0 Å². The maximum atomic E-state index is 4.49. The second-order valence-electron chi connectivity index (χ2n) is 6.79. The molecule has 112 valence electrons. The van der Waals surface area contributed by atoms with Gasteiger partial charge < -0.3 is 10.2 Å². The van der Waals surface area contributed by atoms with Crippen molar-refractivity contribution < 1.29 is 0 Å². The number of fused-ring (bicyclic) bond motifs is 2. The molecule has 20 heavy (non-hydrogen) atoms. The number of hydrogen-bond acceptors (Lipinski definition) is 3. The van der Waals surface area contributed by atoms with Crippen molar-refractivity contribution in [3.63, 3.8) is 0 Å². The Kier molecular flexibility index (Phi) is 3.87. The summed E-state index contributed by atoms with van der Waals surface area (Å²) < 4.78 is 1.99. The standard InChI is InChI=1S/C16H28N4/c1-11-16(12(2)20(4)18-11)10-17-9-13-7-14-5-6-15(8-13)19(14)3/h13-15,17H,5-10H2,1-4H3. The molecule has 0 spiro atoms. The van der Waals surface area contributed by atoms with Crippen molar-refractivity contribution in [2.45, 2.75) is 58.2 Å². The summed E-state index contributed by atoms with van der Waals surface area (Å²) in [5.41, 5.74) is 3.84. The smallest absolute Gasteiger partial charge is 0.0641 e. The molecule has 2 bridgehead atoms. The Labute approximate surface area is 122 Å². The third kappa shape index (κ3) is 2.51. The summed E-state index contributed by atoms with van der Waals surface area (Å²) in [7, 11) is 4.34. The number of aryl methyl sites for hydroxylation is 2. The quantitative estimate of drug-likeness (QED) is 0.913. The fourth-order valence-corrected chi connectivity index (χ4v) is 4.17. The molecule has 3 rings (SSSR count). The Morgan fingerprint density at radius 3 is 2.35 bits per heavy atom. The molecular formula is C16H28N4. The molecule has 2 aliphatic rings. The van der Waals surface area contributed by atoms with E-state index >= 15 is 0 Å². The highest BCUT2D eigenvalue weighted by Gasteiger charge is 2.37. The molecule has 1 aromatic rings. The van der Waals surface area contributed by atoms with Gasteiger partial charge in [0.15, 0.2) is 0 Å². The highest BCUT2D eigenvalue weighted by molar-refractivity contribution is 5.23. The number of hydrogen-bond donors (Lipinski definition) is 1. The zero-order valence-electron chi connectivity index (χ0n) is 13.3. The van der Waals surface area contributed by atoms with Crippen LogP contribution in [0.3, 0.4) is 0 Å². The van der Waals surface area contributed by atoms with Gasteiger partial charge in [-0.1, -0.05) is 0 Å². The van der Waals surface area contributed by atoms with E-state index in [1.54, 1.807) is 0 Å². The molecule has 2 atom stereocenters. The summed E-state index contributed by atoms with van der Waals surface area (Å²) in [6.45, 7) is 6.40. The van der Waals surface area contributed by atoms with E-state index in [0.29, 0.717) is 0 Å². The fourth-order valence-electron chi connectivity index (χ4n) is 4.17. The lowest BCUT2D eigenvalue weighted by Crippen LogP contribution is -2.42. The molecule has 1 aromatic heterocycles. The van der Waals surface area contributed by atoms with Crippen LogP contribution in [0.25, 0.3) is 0 Å². The van der Waals surface area contributed by atoms with Gasteiger partial charge >= 0.3 is 0 Å². The zero-order chi connectivity index (χ0) is 14.3. The Hall–Kier alpha value is -0.870. The minimum atomic E-state index is 0.849. The third-order valence-electron chi connectivity index (χ3n) is 5.59. The molecule has 1 N–H and O–H groups in total. The largest absolute Gasteiger partial charge is 0.312 e. The minimum absolute atomic E-state index is 0.849. The number of nitrogens with one attached hydrogen (secondary N) is 1. The average molecular weight is 276 g/mol. The van der Waals surface area contributed by atoms with Crippen LogP contribution in [0, 0.1) is 19.8 Å². The maximum Gasteiger partial charge on any atom is 0.0641 e. The van der Waals surface area contributed by atoms with E-state index in [0.717, 1.165) is 31.1 Å². The van der Waals surface area contributed by atoms with Crippen LogP contribution >= 0.6 is 0 Å². The lowest BCUT2D eigenvalue weighted by Gasteiger charge is -2.36. The Morgan fingerprint density at radius 2 is 1.80 bits per heavy atom. The molecular weight excluding hydrogens is 248 g/mol. The average Bonchev–Trinajstić information content (AvgIpc) is 2.77. The topological polar surface area (TPSA) is 33.1 Å². The van der Waals surface area contributed by atoms with Gasteiger partial charge in [-0.3, -0.25) is 4.68 Å². The molecule has 0 aromatic carbocycles. The van der Waals surface area contributed by atoms with Crippen molar-refractivity contribution >= 4 is 0 Å². The highest BCUT2D eigenvalue weighted by atomic mass is 15.3. The van der Waals surface area contributed by atoms with E-state index in [2.05, 4.69) is 36.2 Å². The van der Waals surface area contributed by atoms with Crippen LogP contribution in [0.2, 0.25) is 0 Å². The van der Waals surface area contributed by atoms with Crippen LogP contribution < -0.4 is 5.32 Å². The SMILES string of the molecule is Cc1nn(C)c(C)c1CNCC1CC2CCC(C1)N2C. The van der Waals surface area contributed by atoms with Gasteiger partial charge in [0.2, 0.25) is 0 Å². The van der Waals surface area contributed by atoms with Crippen molar-refractivity contribution in [1.29, 1.82) is 0 Å². The van der Waals surface area contributed by atoms with Gasteiger partial charge in [0.1, 0.15) is 0 Å². The summed E-state index contributed by atoms with van der Waals surface area (Å²) in [5.74, 6) is 0.862. The fraction of sp³-hybridized carbons (Fsp3) is 0.812. The van der Waals surface area contributed by atoms with Gasteiger partial charge in [-0.2, -0.15) is 5.10 Å². The van der Waals surface area contributed by atoms with Crippen LogP contribution in [0.1, 0.15) is 42.6 Å². The van der Waals surface area contributed by atoms with Crippen molar-refractivity contribution in [3.05, 3.63) is 17.0 Å². The number of rotatable bonds is 4. The highest BCUT2D eigenvalue weighted by Crippen LogP contribution is 2.37. The van der Waals surface area contributed by atoms with Crippen molar-refractivity contribution in [1.82, 2.24) is 20.0 Å². The minimum Gasteiger partial charge on any atom is -0.312 e. The first-order valence-electron chi connectivity index (χ1n) is 7.98. The predicted molar refractivity (Wildman–Crippen MR) is 81.7 cm³/mol. The lowest BCUT2D eigenvalue weighted by atomic mass is 9.91. The van der Waals surface area contributed by atoms with Gasteiger partial charge in [0.05, 0.1) is 5.69 Å². The van der Waals surface area contributed by atoms with Crippen molar-refractivity contribution in [2.75, 3.05) is 13.6 Å². The summed E-state index contributed by atoms with van der Waals surface area (Å²) in [5, 5.41) is 8.17. The lowest BCUT2D eigenvalue weighted by molar-refractivity contribution is 0.133. The molecule has 0 radical (unpaired) electrons. The Morgan fingerprint density at radius 1 is 1.15 bits per heavy atom. The Balaban J connectivity index is 1.51. The van der Waals surface area contributed by atoms with Crippen LogP contribution in [0.4, 0.5) is 0 Å². The monoisotopic (exact) mass is 276 g/mol. The van der Waals surface area contributed by atoms with E-state index in [4.69, 9.17) is 0 Å². The zero-order valence-corrected chi connectivity index (χ0v) is 13.3. The molecule has 4 heteroatoms. The first-order chi connectivity index (χ1) is 9.56. The van der Waals surface area contributed by atoms with E-state index in [1.165, 1.54) is 42.6 Å². The van der Waals surface area contributed by atoms with Gasteiger partial charge in [-0.25, -0.2) is 0 Å². The molecule has 2 unspecified atom stereocenters. The normalized spacial score (nSPS) is 30.1.